The van der Waals surface area contributed by atoms with Crippen LogP contribution < -0.4 is 10.1 Å². The Morgan fingerprint density at radius 2 is 2.06 bits per heavy atom. The SMILES string of the molecule is CNC(C)c1ccccc1OCCC(C)(C)C#N. The zero-order chi connectivity index (χ0) is 13.6. The Kier molecular flexibility index (Phi) is 5.18. The highest BCUT2D eigenvalue weighted by molar-refractivity contribution is 5.35. The zero-order valence-corrected chi connectivity index (χ0v) is 11.7. The summed E-state index contributed by atoms with van der Waals surface area (Å²) in [6.07, 6.45) is 0.728. The van der Waals surface area contributed by atoms with E-state index in [0.717, 1.165) is 17.7 Å². The topological polar surface area (TPSA) is 45.0 Å². The van der Waals surface area contributed by atoms with Crippen LogP contribution in [0, 0.1) is 16.7 Å². The third kappa shape index (κ3) is 4.05. The Morgan fingerprint density at radius 1 is 1.39 bits per heavy atom. The molecule has 1 rings (SSSR count). The average Bonchev–Trinajstić information content (AvgIpc) is 2.38. The van der Waals surface area contributed by atoms with Gasteiger partial charge in [-0.2, -0.15) is 5.26 Å². The second-order valence-electron chi connectivity index (χ2n) is 5.14. The van der Waals surface area contributed by atoms with E-state index < -0.39 is 0 Å². The third-order valence-electron chi connectivity index (χ3n) is 3.11. The van der Waals surface area contributed by atoms with E-state index in [1.165, 1.54) is 0 Å². The molecule has 0 fully saturated rings. The second-order valence-corrected chi connectivity index (χ2v) is 5.14. The molecule has 0 heterocycles. The minimum atomic E-state index is -0.330. The van der Waals surface area contributed by atoms with Crippen molar-refractivity contribution in [3.8, 4) is 11.8 Å². The normalized spacial score (nSPS) is 12.8. The Balaban J connectivity index is 2.66. The van der Waals surface area contributed by atoms with Crippen LogP contribution >= 0.6 is 0 Å². The molecule has 0 aliphatic heterocycles. The molecule has 0 aliphatic rings. The molecule has 0 spiro atoms. The first-order valence-corrected chi connectivity index (χ1v) is 6.30. The summed E-state index contributed by atoms with van der Waals surface area (Å²) < 4.78 is 5.81. The van der Waals surface area contributed by atoms with Gasteiger partial charge >= 0.3 is 0 Å². The monoisotopic (exact) mass is 246 g/mol. The van der Waals surface area contributed by atoms with E-state index in [0.29, 0.717) is 6.61 Å². The number of hydrogen-bond donors (Lipinski definition) is 1. The molecule has 0 bridgehead atoms. The average molecular weight is 246 g/mol. The molecule has 1 atom stereocenters. The minimum absolute atomic E-state index is 0.255. The van der Waals surface area contributed by atoms with Gasteiger partial charge in [0, 0.05) is 11.6 Å². The first kappa shape index (κ1) is 14.5. The fourth-order valence-electron chi connectivity index (χ4n) is 1.60. The molecule has 3 nitrogen and oxygen atoms in total. The quantitative estimate of drug-likeness (QED) is 0.837. The van der Waals surface area contributed by atoms with Crippen molar-refractivity contribution >= 4 is 0 Å². The highest BCUT2D eigenvalue weighted by atomic mass is 16.5. The molecule has 0 radical (unpaired) electrons. The molecule has 3 heteroatoms. The maximum absolute atomic E-state index is 8.96. The van der Waals surface area contributed by atoms with Crippen LogP contribution in [0.1, 0.15) is 38.8 Å². The smallest absolute Gasteiger partial charge is 0.124 e. The molecular formula is C15H22N2O. The second kappa shape index (κ2) is 6.42. The molecule has 0 aliphatic carbocycles. The molecule has 1 aromatic rings. The molecule has 18 heavy (non-hydrogen) atoms. The van der Waals surface area contributed by atoms with Crippen molar-refractivity contribution in [2.75, 3.05) is 13.7 Å². The van der Waals surface area contributed by atoms with Crippen molar-refractivity contribution in [3.63, 3.8) is 0 Å². The van der Waals surface area contributed by atoms with Crippen LogP contribution in [-0.2, 0) is 0 Å². The predicted octanol–water partition coefficient (Wildman–Crippen LogP) is 3.29. The van der Waals surface area contributed by atoms with Gasteiger partial charge in [0.15, 0.2) is 0 Å². The zero-order valence-electron chi connectivity index (χ0n) is 11.7. The number of benzene rings is 1. The summed E-state index contributed by atoms with van der Waals surface area (Å²) in [6.45, 7) is 6.52. The van der Waals surface area contributed by atoms with Gasteiger partial charge in [0.05, 0.1) is 18.1 Å². The van der Waals surface area contributed by atoms with Gasteiger partial charge in [-0.3, -0.25) is 0 Å². The number of hydrogen-bond acceptors (Lipinski definition) is 3. The molecule has 0 saturated heterocycles. The van der Waals surface area contributed by atoms with Gasteiger partial charge in [-0.05, 0) is 40.3 Å². The highest BCUT2D eigenvalue weighted by Gasteiger charge is 2.17. The molecule has 0 saturated carbocycles. The summed E-state index contributed by atoms with van der Waals surface area (Å²) in [7, 11) is 1.93. The Hall–Kier alpha value is -1.53. The van der Waals surface area contributed by atoms with Gasteiger partial charge in [-0.15, -0.1) is 0 Å². The summed E-state index contributed by atoms with van der Waals surface area (Å²) in [5.41, 5.74) is 0.818. The fraction of sp³-hybridized carbons (Fsp3) is 0.533. The van der Waals surface area contributed by atoms with E-state index in [1.54, 1.807) is 0 Å². The summed E-state index contributed by atoms with van der Waals surface area (Å²) >= 11 is 0. The minimum Gasteiger partial charge on any atom is -0.493 e. The summed E-state index contributed by atoms with van der Waals surface area (Å²) in [4.78, 5) is 0. The van der Waals surface area contributed by atoms with Crippen molar-refractivity contribution in [2.24, 2.45) is 5.41 Å². The largest absolute Gasteiger partial charge is 0.493 e. The fourth-order valence-corrected chi connectivity index (χ4v) is 1.60. The van der Waals surface area contributed by atoms with Crippen LogP contribution in [0.4, 0.5) is 0 Å². The lowest BCUT2D eigenvalue weighted by Crippen LogP contribution is -2.16. The van der Waals surface area contributed by atoms with Crippen LogP contribution in [0.3, 0.4) is 0 Å². The first-order valence-electron chi connectivity index (χ1n) is 6.30. The molecule has 1 N–H and O–H groups in total. The van der Waals surface area contributed by atoms with Gasteiger partial charge in [0.25, 0.3) is 0 Å². The van der Waals surface area contributed by atoms with Gasteiger partial charge < -0.3 is 10.1 Å². The Morgan fingerprint density at radius 3 is 2.67 bits per heavy atom. The lowest BCUT2D eigenvalue weighted by molar-refractivity contribution is 0.261. The van der Waals surface area contributed by atoms with Crippen molar-refractivity contribution < 1.29 is 4.74 Å². The molecule has 98 valence electrons. The van der Waals surface area contributed by atoms with Crippen LogP contribution in [0.25, 0.3) is 0 Å². The summed E-state index contributed by atoms with van der Waals surface area (Å²) in [5, 5.41) is 12.2. The van der Waals surface area contributed by atoms with E-state index in [1.807, 2.05) is 39.1 Å². The number of rotatable bonds is 6. The van der Waals surface area contributed by atoms with Crippen molar-refractivity contribution in [3.05, 3.63) is 29.8 Å². The van der Waals surface area contributed by atoms with E-state index in [-0.39, 0.29) is 11.5 Å². The van der Waals surface area contributed by atoms with E-state index in [9.17, 15) is 0 Å². The van der Waals surface area contributed by atoms with Crippen molar-refractivity contribution in [2.45, 2.75) is 33.2 Å². The highest BCUT2D eigenvalue weighted by Crippen LogP contribution is 2.26. The Labute approximate surface area is 110 Å². The number of nitriles is 1. The van der Waals surface area contributed by atoms with Crippen LogP contribution in [0.15, 0.2) is 24.3 Å². The van der Waals surface area contributed by atoms with Crippen LogP contribution in [0.5, 0.6) is 5.75 Å². The van der Waals surface area contributed by atoms with E-state index in [2.05, 4.69) is 24.4 Å². The molecule has 0 aromatic heterocycles. The third-order valence-corrected chi connectivity index (χ3v) is 3.11. The van der Waals surface area contributed by atoms with E-state index >= 15 is 0 Å². The standard InChI is InChI=1S/C15H22N2O/c1-12(17-4)13-7-5-6-8-14(13)18-10-9-15(2,3)11-16/h5-8,12,17H,9-10H2,1-4H3. The van der Waals surface area contributed by atoms with Gasteiger partial charge in [0.1, 0.15) is 5.75 Å². The maximum atomic E-state index is 8.96. The van der Waals surface area contributed by atoms with Crippen molar-refractivity contribution in [1.82, 2.24) is 5.32 Å². The summed E-state index contributed by atoms with van der Waals surface area (Å²) in [6, 6.07) is 10.6. The van der Waals surface area contributed by atoms with Crippen molar-refractivity contribution in [1.29, 1.82) is 5.26 Å². The Bertz CT molecular complexity index is 421. The first-order chi connectivity index (χ1) is 8.50. The molecular weight excluding hydrogens is 224 g/mol. The molecule has 0 amide bonds. The van der Waals surface area contributed by atoms with E-state index in [4.69, 9.17) is 10.00 Å². The maximum Gasteiger partial charge on any atom is 0.124 e. The number of nitrogens with one attached hydrogen (secondary N) is 1. The predicted molar refractivity (Wildman–Crippen MR) is 73.4 cm³/mol. The van der Waals surface area contributed by atoms with Gasteiger partial charge in [-0.25, -0.2) is 0 Å². The summed E-state index contributed by atoms with van der Waals surface area (Å²) in [5.74, 6) is 0.896. The number of para-hydroxylation sites is 1. The van der Waals surface area contributed by atoms with Gasteiger partial charge in [-0.1, -0.05) is 18.2 Å². The van der Waals surface area contributed by atoms with Crippen LogP contribution in [-0.4, -0.2) is 13.7 Å². The lowest BCUT2D eigenvalue weighted by atomic mass is 9.92. The number of nitrogens with zero attached hydrogens (tertiary/aromatic N) is 1. The lowest BCUT2D eigenvalue weighted by Gasteiger charge is -2.19. The van der Waals surface area contributed by atoms with Gasteiger partial charge in [0.2, 0.25) is 0 Å². The number of ether oxygens (including phenoxy) is 1. The van der Waals surface area contributed by atoms with Crippen LogP contribution in [0.2, 0.25) is 0 Å². The molecule has 1 unspecified atom stereocenters. The molecule has 1 aromatic carbocycles.